The number of piperazine rings is 1. The van der Waals surface area contributed by atoms with Crippen molar-refractivity contribution in [3.8, 4) is 0 Å². The van der Waals surface area contributed by atoms with Crippen molar-refractivity contribution in [1.82, 2.24) is 24.6 Å². The van der Waals surface area contributed by atoms with Gasteiger partial charge in [0.25, 0.3) is 0 Å². The fraction of sp³-hybridized carbons (Fsp3) is 0.400. The third-order valence-corrected chi connectivity index (χ3v) is 3.78. The monoisotopic (exact) mass is 285 g/mol. The minimum Gasteiger partial charge on any atom is -0.336 e. The van der Waals surface area contributed by atoms with Gasteiger partial charge >= 0.3 is 0 Å². The Labute approximate surface area is 124 Å². The van der Waals surface area contributed by atoms with Crippen LogP contribution in [0.15, 0.2) is 36.7 Å². The zero-order valence-electron chi connectivity index (χ0n) is 12.1. The van der Waals surface area contributed by atoms with E-state index in [9.17, 15) is 4.79 Å². The minimum absolute atomic E-state index is 0.173. The second kappa shape index (κ2) is 6.05. The molecule has 1 saturated heterocycles. The molecule has 1 aromatic carbocycles. The average Bonchev–Trinajstić information content (AvgIpc) is 2.88. The Bertz CT molecular complexity index is 610. The van der Waals surface area contributed by atoms with Gasteiger partial charge in [-0.2, -0.15) is 0 Å². The number of benzene rings is 1. The summed E-state index contributed by atoms with van der Waals surface area (Å²) in [5.74, 6) is 1.06. The van der Waals surface area contributed by atoms with E-state index in [2.05, 4.69) is 27.2 Å². The Hall–Kier alpha value is -2.21. The molecule has 1 amide bonds. The lowest BCUT2D eigenvalue weighted by Crippen LogP contribution is -2.49. The Kier molecular flexibility index (Phi) is 3.96. The second-order valence-corrected chi connectivity index (χ2v) is 5.37. The third-order valence-electron chi connectivity index (χ3n) is 3.78. The van der Waals surface area contributed by atoms with E-state index in [-0.39, 0.29) is 5.91 Å². The zero-order chi connectivity index (χ0) is 14.7. The maximum absolute atomic E-state index is 12.3. The van der Waals surface area contributed by atoms with E-state index in [1.165, 1.54) is 5.56 Å². The molecule has 0 aliphatic carbocycles. The maximum atomic E-state index is 12.3. The summed E-state index contributed by atoms with van der Waals surface area (Å²) in [6, 6.07) is 10.1. The number of nitrogens with zero attached hydrogens (tertiary/aromatic N) is 5. The van der Waals surface area contributed by atoms with Crippen molar-refractivity contribution in [3.05, 3.63) is 48.0 Å². The lowest BCUT2D eigenvalue weighted by molar-refractivity contribution is -0.136. The number of aryl methyl sites for hydroxylation is 1. The summed E-state index contributed by atoms with van der Waals surface area (Å²) in [5, 5.41) is 7.94. The van der Waals surface area contributed by atoms with Gasteiger partial charge in [0.2, 0.25) is 5.91 Å². The van der Waals surface area contributed by atoms with E-state index in [1.807, 2.05) is 34.7 Å². The van der Waals surface area contributed by atoms with Crippen molar-refractivity contribution < 1.29 is 4.79 Å². The molecule has 21 heavy (non-hydrogen) atoms. The topological polar surface area (TPSA) is 54.3 Å². The van der Waals surface area contributed by atoms with Crippen LogP contribution in [-0.2, 0) is 24.9 Å². The highest BCUT2D eigenvalue weighted by Crippen LogP contribution is 2.11. The number of carbonyl (C=O) groups excluding carboxylic acids is 1. The molecular formula is C15H19N5O. The van der Waals surface area contributed by atoms with Gasteiger partial charge in [-0.15, -0.1) is 10.2 Å². The van der Waals surface area contributed by atoms with Gasteiger partial charge in [0.1, 0.15) is 12.2 Å². The van der Waals surface area contributed by atoms with Crippen LogP contribution in [0.4, 0.5) is 0 Å². The summed E-state index contributed by atoms with van der Waals surface area (Å²) < 4.78 is 1.89. The summed E-state index contributed by atoms with van der Waals surface area (Å²) in [6.45, 7) is 3.43. The quantitative estimate of drug-likeness (QED) is 0.828. The molecule has 0 saturated carbocycles. The molecule has 1 aromatic heterocycles. The van der Waals surface area contributed by atoms with Crippen molar-refractivity contribution in [3.63, 3.8) is 0 Å². The molecule has 1 aliphatic heterocycles. The fourth-order valence-corrected chi connectivity index (χ4v) is 2.51. The smallest absolute Gasteiger partial charge is 0.237 e. The molecule has 6 nitrogen and oxygen atoms in total. The van der Waals surface area contributed by atoms with E-state index in [1.54, 1.807) is 6.33 Å². The molecule has 0 unspecified atom stereocenters. The third kappa shape index (κ3) is 3.28. The predicted molar refractivity (Wildman–Crippen MR) is 78.1 cm³/mol. The van der Waals surface area contributed by atoms with Gasteiger partial charge in [-0.3, -0.25) is 9.69 Å². The molecule has 0 spiro atoms. The van der Waals surface area contributed by atoms with Crippen LogP contribution in [0.1, 0.15) is 11.4 Å². The molecule has 1 aliphatic rings. The molecule has 0 radical (unpaired) electrons. The van der Waals surface area contributed by atoms with Gasteiger partial charge in [0, 0.05) is 26.7 Å². The molecule has 0 atom stereocenters. The predicted octanol–water partition coefficient (Wildman–Crippen LogP) is 0.659. The first kappa shape index (κ1) is 13.8. The number of amides is 1. The summed E-state index contributed by atoms with van der Waals surface area (Å²) in [7, 11) is 1.92. The minimum atomic E-state index is 0.173. The Morgan fingerprint density at radius 1 is 1.14 bits per heavy atom. The average molecular weight is 285 g/mol. The van der Waals surface area contributed by atoms with Crippen LogP contribution in [0.2, 0.25) is 0 Å². The summed E-state index contributed by atoms with van der Waals surface area (Å²) in [5.41, 5.74) is 1.17. The molecule has 2 heterocycles. The van der Waals surface area contributed by atoms with Gasteiger partial charge < -0.3 is 9.47 Å². The standard InChI is InChI=1S/C15H19N5O/c1-18-12-16-17-14(18)10-19-7-8-20(15(21)11-19)9-13-5-3-2-4-6-13/h2-6,12H,7-11H2,1H3. The van der Waals surface area contributed by atoms with Crippen LogP contribution in [0.5, 0.6) is 0 Å². The van der Waals surface area contributed by atoms with E-state index >= 15 is 0 Å². The van der Waals surface area contributed by atoms with Crippen LogP contribution < -0.4 is 0 Å². The molecule has 110 valence electrons. The van der Waals surface area contributed by atoms with E-state index in [0.29, 0.717) is 19.6 Å². The molecular weight excluding hydrogens is 266 g/mol. The summed E-state index contributed by atoms with van der Waals surface area (Å²) in [6.07, 6.45) is 1.68. The van der Waals surface area contributed by atoms with Crippen molar-refractivity contribution in [2.75, 3.05) is 19.6 Å². The Morgan fingerprint density at radius 2 is 1.95 bits per heavy atom. The first-order chi connectivity index (χ1) is 10.2. The van der Waals surface area contributed by atoms with Crippen LogP contribution in [0.3, 0.4) is 0 Å². The number of hydrogen-bond acceptors (Lipinski definition) is 4. The Balaban J connectivity index is 1.57. The van der Waals surface area contributed by atoms with E-state index in [4.69, 9.17) is 0 Å². The normalized spacial score (nSPS) is 16.4. The van der Waals surface area contributed by atoms with E-state index < -0.39 is 0 Å². The van der Waals surface area contributed by atoms with Gasteiger partial charge in [0.15, 0.2) is 0 Å². The van der Waals surface area contributed by atoms with Crippen LogP contribution in [-0.4, -0.2) is 50.1 Å². The number of aromatic nitrogens is 3. The lowest BCUT2D eigenvalue weighted by atomic mass is 10.2. The molecule has 3 rings (SSSR count). The Morgan fingerprint density at radius 3 is 2.62 bits per heavy atom. The summed E-state index contributed by atoms with van der Waals surface area (Å²) in [4.78, 5) is 16.3. The van der Waals surface area contributed by atoms with Gasteiger partial charge in [-0.05, 0) is 5.56 Å². The van der Waals surface area contributed by atoms with Crippen molar-refractivity contribution in [2.45, 2.75) is 13.1 Å². The van der Waals surface area contributed by atoms with Crippen LogP contribution >= 0.6 is 0 Å². The largest absolute Gasteiger partial charge is 0.336 e. The molecule has 1 fully saturated rings. The van der Waals surface area contributed by atoms with Crippen molar-refractivity contribution >= 4 is 5.91 Å². The molecule has 0 bridgehead atoms. The SMILES string of the molecule is Cn1cnnc1CN1CCN(Cc2ccccc2)C(=O)C1. The highest BCUT2D eigenvalue weighted by Gasteiger charge is 2.24. The van der Waals surface area contributed by atoms with Gasteiger partial charge in [0.05, 0.1) is 13.1 Å². The van der Waals surface area contributed by atoms with Crippen molar-refractivity contribution in [1.29, 1.82) is 0 Å². The van der Waals surface area contributed by atoms with E-state index in [0.717, 1.165) is 18.9 Å². The fourth-order valence-electron chi connectivity index (χ4n) is 2.51. The highest BCUT2D eigenvalue weighted by atomic mass is 16.2. The van der Waals surface area contributed by atoms with Crippen LogP contribution in [0.25, 0.3) is 0 Å². The molecule has 2 aromatic rings. The molecule has 0 N–H and O–H groups in total. The first-order valence-corrected chi connectivity index (χ1v) is 7.09. The van der Waals surface area contributed by atoms with Gasteiger partial charge in [-0.25, -0.2) is 0 Å². The molecule has 6 heteroatoms. The number of carbonyl (C=O) groups is 1. The van der Waals surface area contributed by atoms with Crippen LogP contribution in [0, 0.1) is 0 Å². The number of hydrogen-bond donors (Lipinski definition) is 0. The number of rotatable bonds is 4. The summed E-state index contributed by atoms with van der Waals surface area (Å²) >= 11 is 0. The maximum Gasteiger partial charge on any atom is 0.237 e. The first-order valence-electron chi connectivity index (χ1n) is 7.09. The second-order valence-electron chi connectivity index (χ2n) is 5.37. The van der Waals surface area contributed by atoms with Crippen molar-refractivity contribution in [2.24, 2.45) is 7.05 Å². The zero-order valence-corrected chi connectivity index (χ0v) is 12.1. The lowest BCUT2D eigenvalue weighted by Gasteiger charge is -2.34. The van der Waals surface area contributed by atoms with Gasteiger partial charge in [-0.1, -0.05) is 30.3 Å². The highest BCUT2D eigenvalue weighted by molar-refractivity contribution is 5.79.